The fourth-order valence-electron chi connectivity index (χ4n) is 5.54. The van der Waals surface area contributed by atoms with Gasteiger partial charge in [0.1, 0.15) is 22.2 Å². The SMILES string of the molecule is c1ccc(-c2ccc3c(oc4ccccc43)c2-c2cc3nn(-c4ccccc4)nc3c3ccccc23)cc1. The highest BCUT2D eigenvalue weighted by atomic mass is 16.3. The Bertz CT molecular complexity index is 2120. The standard InChI is InChI=1S/C34H21N3O/c1-3-11-22(12-4-1)24-19-20-28-26-16-9-10-18-31(26)38-34(28)32(24)29-21-30-33(27-17-8-7-15-25(27)29)36-37(35-30)23-13-5-2-6-14-23/h1-21H. The molecule has 0 atom stereocenters. The van der Waals surface area contributed by atoms with Crippen LogP contribution in [0.1, 0.15) is 0 Å². The molecule has 0 bridgehead atoms. The van der Waals surface area contributed by atoms with Crippen molar-refractivity contribution in [2.45, 2.75) is 0 Å². The summed E-state index contributed by atoms with van der Waals surface area (Å²) in [6, 6.07) is 43.8. The zero-order valence-corrected chi connectivity index (χ0v) is 20.4. The van der Waals surface area contributed by atoms with Crippen molar-refractivity contribution >= 4 is 43.7 Å². The summed E-state index contributed by atoms with van der Waals surface area (Å²) in [5, 5.41) is 14.2. The maximum absolute atomic E-state index is 6.59. The van der Waals surface area contributed by atoms with E-state index in [9.17, 15) is 0 Å². The Hall–Kier alpha value is -5.22. The second kappa shape index (κ2) is 8.15. The first-order chi connectivity index (χ1) is 18.8. The number of rotatable bonds is 3. The van der Waals surface area contributed by atoms with Crippen LogP contribution in [0.3, 0.4) is 0 Å². The van der Waals surface area contributed by atoms with Crippen molar-refractivity contribution < 1.29 is 4.42 Å². The smallest absolute Gasteiger partial charge is 0.143 e. The Balaban J connectivity index is 1.52. The number of fused-ring (bicyclic) bond motifs is 6. The number of hydrogen-bond acceptors (Lipinski definition) is 3. The zero-order valence-electron chi connectivity index (χ0n) is 20.4. The van der Waals surface area contributed by atoms with E-state index in [1.165, 1.54) is 0 Å². The molecule has 6 aromatic carbocycles. The fourth-order valence-corrected chi connectivity index (χ4v) is 5.54. The number of nitrogens with zero attached hydrogens (tertiary/aromatic N) is 3. The summed E-state index contributed by atoms with van der Waals surface area (Å²) >= 11 is 0. The van der Waals surface area contributed by atoms with Crippen LogP contribution in [-0.2, 0) is 0 Å². The van der Waals surface area contributed by atoms with Gasteiger partial charge in [-0.2, -0.15) is 4.80 Å². The van der Waals surface area contributed by atoms with E-state index >= 15 is 0 Å². The van der Waals surface area contributed by atoms with Crippen molar-refractivity contribution in [3.8, 4) is 27.9 Å². The van der Waals surface area contributed by atoms with Crippen LogP contribution in [0.5, 0.6) is 0 Å². The molecule has 0 aliphatic heterocycles. The predicted molar refractivity (Wildman–Crippen MR) is 155 cm³/mol. The van der Waals surface area contributed by atoms with E-state index in [1.54, 1.807) is 4.80 Å². The molecule has 0 unspecified atom stereocenters. The molecule has 4 nitrogen and oxygen atoms in total. The van der Waals surface area contributed by atoms with Crippen molar-refractivity contribution in [3.05, 3.63) is 127 Å². The van der Waals surface area contributed by atoms with Crippen LogP contribution < -0.4 is 0 Å². The second-order valence-electron chi connectivity index (χ2n) is 9.49. The van der Waals surface area contributed by atoms with Crippen molar-refractivity contribution in [1.29, 1.82) is 0 Å². The van der Waals surface area contributed by atoms with Gasteiger partial charge in [-0.25, -0.2) is 0 Å². The summed E-state index contributed by atoms with van der Waals surface area (Å²) in [7, 11) is 0. The van der Waals surface area contributed by atoms with Gasteiger partial charge in [0.2, 0.25) is 0 Å². The molecule has 0 saturated heterocycles. The lowest BCUT2D eigenvalue weighted by Gasteiger charge is -2.14. The molecule has 0 aliphatic carbocycles. The van der Waals surface area contributed by atoms with E-state index < -0.39 is 0 Å². The summed E-state index contributed by atoms with van der Waals surface area (Å²) < 4.78 is 6.59. The van der Waals surface area contributed by atoms with Crippen LogP contribution in [0, 0.1) is 0 Å². The first-order valence-corrected chi connectivity index (χ1v) is 12.7. The molecule has 0 radical (unpaired) electrons. The molecule has 38 heavy (non-hydrogen) atoms. The number of para-hydroxylation sites is 2. The fraction of sp³-hybridized carbons (Fsp3) is 0. The van der Waals surface area contributed by atoms with Crippen LogP contribution in [0.4, 0.5) is 0 Å². The minimum atomic E-state index is 0.842. The number of furan rings is 1. The van der Waals surface area contributed by atoms with Gasteiger partial charge in [0.25, 0.3) is 0 Å². The topological polar surface area (TPSA) is 43.9 Å². The van der Waals surface area contributed by atoms with E-state index in [2.05, 4.69) is 78.9 Å². The predicted octanol–water partition coefficient (Wildman–Crippen LogP) is 8.81. The maximum Gasteiger partial charge on any atom is 0.143 e. The van der Waals surface area contributed by atoms with Gasteiger partial charge in [-0.05, 0) is 52.4 Å². The molecule has 2 heterocycles. The van der Waals surface area contributed by atoms with Gasteiger partial charge in [0.05, 0.1) is 5.69 Å². The quantitative estimate of drug-likeness (QED) is 0.250. The first kappa shape index (κ1) is 20.9. The molecule has 8 rings (SSSR count). The zero-order chi connectivity index (χ0) is 25.1. The second-order valence-corrected chi connectivity index (χ2v) is 9.49. The molecular formula is C34H21N3O. The van der Waals surface area contributed by atoms with E-state index in [0.717, 1.165) is 71.7 Å². The molecular weight excluding hydrogens is 466 g/mol. The van der Waals surface area contributed by atoms with Crippen molar-refractivity contribution in [2.24, 2.45) is 0 Å². The Kier molecular flexibility index (Phi) is 4.49. The highest BCUT2D eigenvalue weighted by molar-refractivity contribution is 6.19. The molecule has 2 aromatic heterocycles. The lowest BCUT2D eigenvalue weighted by atomic mass is 9.89. The van der Waals surface area contributed by atoms with Crippen molar-refractivity contribution in [1.82, 2.24) is 15.0 Å². The molecule has 178 valence electrons. The highest BCUT2D eigenvalue weighted by Gasteiger charge is 2.21. The van der Waals surface area contributed by atoms with E-state index in [0.29, 0.717) is 0 Å². The molecule has 0 saturated carbocycles. The Labute approximate surface area is 218 Å². The third-order valence-corrected chi connectivity index (χ3v) is 7.28. The van der Waals surface area contributed by atoms with Crippen LogP contribution in [0.2, 0.25) is 0 Å². The lowest BCUT2D eigenvalue weighted by Crippen LogP contribution is -1.97. The Morgan fingerprint density at radius 1 is 0.526 bits per heavy atom. The molecule has 0 fully saturated rings. The number of aromatic nitrogens is 3. The highest BCUT2D eigenvalue weighted by Crippen LogP contribution is 2.45. The maximum atomic E-state index is 6.59. The molecule has 0 N–H and O–H groups in total. The van der Waals surface area contributed by atoms with Gasteiger partial charge in [0, 0.05) is 21.7 Å². The summed E-state index contributed by atoms with van der Waals surface area (Å²) in [6.07, 6.45) is 0. The van der Waals surface area contributed by atoms with Gasteiger partial charge in [0.15, 0.2) is 0 Å². The molecule has 4 heteroatoms. The van der Waals surface area contributed by atoms with Crippen LogP contribution >= 0.6 is 0 Å². The molecule has 0 spiro atoms. The van der Waals surface area contributed by atoms with Crippen molar-refractivity contribution in [3.63, 3.8) is 0 Å². The van der Waals surface area contributed by atoms with Crippen LogP contribution in [0.15, 0.2) is 132 Å². The first-order valence-electron chi connectivity index (χ1n) is 12.7. The largest absolute Gasteiger partial charge is 0.455 e. The minimum Gasteiger partial charge on any atom is -0.455 e. The summed E-state index contributed by atoms with van der Waals surface area (Å²) in [6.45, 7) is 0. The van der Waals surface area contributed by atoms with E-state index in [-0.39, 0.29) is 0 Å². The third-order valence-electron chi connectivity index (χ3n) is 7.28. The van der Waals surface area contributed by atoms with E-state index in [1.807, 2.05) is 48.5 Å². The van der Waals surface area contributed by atoms with Crippen molar-refractivity contribution in [2.75, 3.05) is 0 Å². The van der Waals surface area contributed by atoms with Crippen LogP contribution in [0.25, 0.3) is 71.7 Å². The normalized spacial score (nSPS) is 11.7. The lowest BCUT2D eigenvalue weighted by molar-refractivity contribution is 0.670. The molecule has 0 amide bonds. The summed E-state index contributed by atoms with van der Waals surface area (Å²) in [5.74, 6) is 0. The summed E-state index contributed by atoms with van der Waals surface area (Å²) in [4.78, 5) is 1.72. The average Bonchev–Trinajstić information content (AvgIpc) is 3.59. The van der Waals surface area contributed by atoms with Gasteiger partial charge in [-0.1, -0.05) is 97.1 Å². The third kappa shape index (κ3) is 3.10. The number of benzene rings is 6. The summed E-state index contributed by atoms with van der Waals surface area (Å²) in [5.41, 5.74) is 8.83. The van der Waals surface area contributed by atoms with Gasteiger partial charge < -0.3 is 4.42 Å². The van der Waals surface area contributed by atoms with E-state index in [4.69, 9.17) is 14.6 Å². The Morgan fingerprint density at radius 3 is 2.03 bits per heavy atom. The molecule has 8 aromatic rings. The van der Waals surface area contributed by atoms with Gasteiger partial charge >= 0.3 is 0 Å². The van der Waals surface area contributed by atoms with Crippen LogP contribution in [-0.4, -0.2) is 15.0 Å². The van der Waals surface area contributed by atoms with Gasteiger partial charge in [-0.15, -0.1) is 10.2 Å². The van der Waals surface area contributed by atoms with Gasteiger partial charge in [-0.3, -0.25) is 0 Å². The average molecular weight is 488 g/mol. The molecule has 0 aliphatic rings. The monoisotopic (exact) mass is 487 g/mol. The number of hydrogen-bond donors (Lipinski definition) is 0. The Morgan fingerprint density at radius 2 is 1.21 bits per heavy atom. The minimum absolute atomic E-state index is 0.842.